The predicted molar refractivity (Wildman–Crippen MR) is 142 cm³/mol. The van der Waals surface area contributed by atoms with Crippen molar-refractivity contribution in [1.82, 2.24) is 9.62 Å². The molecule has 1 atom stereocenters. The minimum Gasteiger partial charge on any atom is -0.477 e. The molecule has 8 nitrogen and oxygen atoms in total. The summed E-state index contributed by atoms with van der Waals surface area (Å²) in [6, 6.07) is 20.0. The summed E-state index contributed by atoms with van der Waals surface area (Å²) in [6.45, 7) is 5.31. The minimum atomic E-state index is -3.92. The van der Waals surface area contributed by atoms with Crippen molar-refractivity contribution in [3.8, 4) is 5.75 Å². The molecule has 0 unspecified atom stereocenters. The highest BCUT2D eigenvalue weighted by atomic mass is 32.2. The maximum atomic E-state index is 13.5. The molecule has 0 saturated heterocycles. The average Bonchev–Trinajstić information content (AvgIpc) is 2.86. The molecule has 3 aromatic carbocycles. The van der Waals surface area contributed by atoms with Crippen LogP contribution in [0.5, 0.6) is 5.75 Å². The maximum absolute atomic E-state index is 13.5. The van der Waals surface area contributed by atoms with Gasteiger partial charge in [-0.25, -0.2) is 8.42 Å². The van der Waals surface area contributed by atoms with Gasteiger partial charge in [-0.2, -0.15) is 4.31 Å². The van der Waals surface area contributed by atoms with Gasteiger partial charge in [0.1, 0.15) is 5.75 Å². The second-order valence-corrected chi connectivity index (χ2v) is 11.3. The van der Waals surface area contributed by atoms with E-state index in [1.807, 2.05) is 49.4 Å². The molecule has 9 heteroatoms. The maximum Gasteiger partial charge on any atom is 0.263 e. The summed E-state index contributed by atoms with van der Waals surface area (Å²) < 4.78 is 33.8. The SMILES string of the molecule is Cc1cc(C)c(S(=O)(=O)N(C)CC(=O)N2C[C@@H](C(=O)NCc3ccccc3)Oc3ccccc32)c(C)c1. The first-order valence-electron chi connectivity index (χ1n) is 12.0. The van der Waals surface area contributed by atoms with Crippen LogP contribution in [-0.2, 0) is 26.2 Å². The molecule has 1 heterocycles. The number of fused-ring (bicyclic) bond motifs is 1. The molecule has 37 heavy (non-hydrogen) atoms. The summed E-state index contributed by atoms with van der Waals surface area (Å²) in [5.41, 5.74) is 3.66. The number of nitrogens with one attached hydrogen (secondary N) is 1. The van der Waals surface area contributed by atoms with Gasteiger partial charge in [0.15, 0.2) is 6.10 Å². The van der Waals surface area contributed by atoms with E-state index in [4.69, 9.17) is 4.74 Å². The largest absolute Gasteiger partial charge is 0.477 e. The Bertz CT molecular complexity index is 1400. The quantitative estimate of drug-likeness (QED) is 0.515. The number of anilines is 1. The van der Waals surface area contributed by atoms with Gasteiger partial charge in [-0.15, -0.1) is 0 Å². The standard InChI is InChI=1S/C28H31N3O5S/c1-19-14-20(2)27(21(3)15-19)37(34,35)30(4)18-26(32)31-17-25(36-24-13-9-8-12-23(24)31)28(33)29-16-22-10-6-5-7-11-22/h5-15,25H,16-18H2,1-4H3,(H,29,33)/t25-/m0/s1. The van der Waals surface area contributed by atoms with Crippen molar-refractivity contribution in [3.63, 3.8) is 0 Å². The van der Waals surface area contributed by atoms with Crippen LogP contribution in [-0.4, -0.2) is 50.8 Å². The number of nitrogens with zero attached hydrogens (tertiary/aromatic N) is 2. The van der Waals surface area contributed by atoms with Crippen molar-refractivity contribution in [2.24, 2.45) is 0 Å². The Balaban J connectivity index is 1.53. The van der Waals surface area contributed by atoms with Crippen LogP contribution >= 0.6 is 0 Å². The Hall–Kier alpha value is -3.69. The summed E-state index contributed by atoms with van der Waals surface area (Å²) in [5.74, 6) is -0.425. The zero-order valence-electron chi connectivity index (χ0n) is 21.4. The van der Waals surface area contributed by atoms with Crippen molar-refractivity contribution >= 4 is 27.5 Å². The summed E-state index contributed by atoms with van der Waals surface area (Å²) in [4.78, 5) is 28.0. The Kier molecular flexibility index (Phi) is 7.65. The van der Waals surface area contributed by atoms with Gasteiger partial charge >= 0.3 is 0 Å². The predicted octanol–water partition coefficient (Wildman–Crippen LogP) is 3.34. The molecule has 4 rings (SSSR count). The smallest absolute Gasteiger partial charge is 0.263 e. The Morgan fingerprint density at radius 3 is 2.30 bits per heavy atom. The lowest BCUT2D eigenvalue weighted by Gasteiger charge is -2.35. The topological polar surface area (TPSA) is 96.0 Å². The van der Waals surface area contributed by atoms with Gasteiger partial charge in [0, 0.05) is 13.6 Å². The fourth-order valence-electron chi connectivity index (χ4n) is 4.60. The molecule has 3 aromatic rings. The van der Waals surface area contributed by atoms with Gasteiger partial charge in [-0.05, 0) is 49.6 Å². The number of rotatable bonds is 7. The van der Waals surface area contributed by atoms with Crippen molar-refractivity contribution in [2.45, 2.75) is 38.3 Å². The molecular formula is C28H31N3O5S. The Morgan fingerprint density at radius 1 is 1.00 bits per heavy atom. The molecule has 1 aliphatic rings. The van der Waals surface area contributed by atoms with Crippen LogP contribution in [0.15, 0.2) is 71.6 Å². The minimum absolute atomic E-state index is 0.0348. The van der Waals surface area contributed by atoms with Gasteiger partial charge in [0.2, 0.25) is 15.9 Å². The summed E-state index contributed by atoms with van der Waals surface area (Å²) in [7, 11) is -2.53. The van der Waals surface area contributed by atoms with E-state index in [0.717, 1.165) is 15.4 Å². The molecule has 1 N–H and O–H groups in total. The van der Waals surface area contributed by atoms with Gasteiger partial charge in [0.25, 0.3) is 5.91 Å². The second kappa shape index (κ2) is 10.7. The molecule has 0 saturated carbocycles. The number of hydrogen-bond donors (Lipinski definition) is 1. The number of para-hydroxylation sites is 2. The third-order valence-electron chi connectivity index (χ3n) is 6.31. The number of amides is 2. The first-order valence-corrected chi connectivity index (χ1v) is 13.4. The van der Waals surface area contributed by atoms with Crippen LogP contribution in [0, 0.1) is 20.8 Å². The van der Waals surface area contributed by atoms with Crippen LogP contribution in [0.3, 0.4) is 0 Å². The lowest BCUT2D eigenvalue weighted by molar-refractivity contribution is -0.128. The van der Waals surface area contributed by atoms with Gasteiger partial charge in [0.05, 0.1) is 23.7 Å². The summed E-state index contributed by atoms with van der Waals surface area (Å²) >= 11 is 0. The van der Waals surface area contributed by atoms with Crippen molar-refractivity contribution in [3.05, 3.63) is 89.0 Å². The fraction of sp³-hybridized carbons (Fsp3) is 0.286. The normalized spacial score (nSPS) is 15.2. The Labute approximate surface area is 217 Å². The fourth-order valence-corrected chi connectivity index (χ4v) is 6.12. The molecule has 1 aliphatic heterocycles. The van der Waals surface area contributed by atoms with E-state index in [0.29, 0.717) is 29.1 Å². The zero-order chi connectivity index (χ0) is 26.7. The molecule has 2 amide bonds. The highest BCUT2D eigenvalue weighted by molar-refractivity contribution is 7.89. The number of ether oxygens (including phenoxy) is 1. The lowest BCUT2D eigenvalue weighted by atomic mass is 10.1. The van der Waals surface area contributed by atoms with E-state index in [-0.39, 0.29) is 23.9 Å². The van der Waals surface area contributed by atoms with Gasteiger partial charge < -0.3 is 15.0 Å². The number of carbonyl (C=O) groups is 2. The van der Waals surface area contributed by atoms with Crippen LogP contribution in [0.4, 0.5) is 5.69 Å². The van der Waals surface area contributed by atoms with Gasteiger partial charge in [-0.3, -0.25) is 9.59 Å². The van der Waals surface area contributed by atoms with Crippen LogP contribution in [0.25, 0.3) is 0 Å². The van der Waals surface area contributed by atoms with Gasteiger partial charge in [-0.1, -0.05) is 60.2 Å². The molecule has 0 aliphatic carbocycles. The second-order valence-electron chi connectivity index (χ2n) is 9.27. The monoisotopic (exact) mass is 521 g/mol. The van der Waals surface area contributed by atoms with E-state index in [2.05, 4.69) is 5.32 Å². The van der Waals surface area contributed by atoms with Crippen LogP contribution < -0.4 is 15.0 Å². The molecule has 0 aromatic heterocycles. The summed E-state index contributed by atoms with van der Waals surface area (Å²) in [6.07, 6.45) is -0.939. The number of aryl methyl sites for hydroxylation is 3. The molecule has 194 valence electrons. The Morgan fingerprint density at radius 2 is 1.62 bits per heavy atom. The third-order valence-corrected chi connectivity index (χ3v) is 8.42. The van der Waals surface area contributed by atoms with Crippen molar-refractivity contribution in [1.29, 1.82) is 0 Å². The molecule has 0 radical (unpaired) electrons. The van der Waals surface area contributed by atoms with E-state index in [1.54, 1.807) is 38.1 Å². The highest BCUT2D eigenvalue weighted by Gasteiger charge is 2.35. The van der Waals surface area contributed by atoms with Crippen LogP contribution in [0.2, 0.25) is 0 Å². The van der Waals surface area contributed by atoms with Crippen molar-refractivity contribution in [2.75, 3.05) is 25.0 Å². The lowest BCUT2D eigenvalue weighted by Crippen LogP contribution is -2.52. The van der Waals surface area contributed by atoms with E-state index in [9.17, 15) is 18.0 Å². The number of benzene rings is 3. The first-order chi connectivity index (χ1) is 17.6. The molecule has 0 spiro atoms. The van der Waals surface area contributed by atoms with Crippen LogP contribution in [0.1, 0.15) is 22.3 Å². The number of likely N-dealkylation sites (N-methyl/N-ethyl adjacent to an activating group) is 1. The first kappa shape index (κ1) is 26.4. The molecule has 0 fully saturated rings. The average molecular weight is 522 g/mol. The van der Waals surface area contributed by atoms with Crippen molar-refractivity contribution < 1.29 is 22.7 Å². The number of carbonyl (C=O) groups excluding carboxylic acids is 2. The third kappa shape index (κ3) is 5.68. The molecule has 0 bridgehead atoms. The van der Waals surface area contributed by atoms with E-state index >= 15 is 0 Å². The van der Waals surface area contributed by atoms with E-state index in [1.165, 1.54) is 11.9 Å². The number of sulfonamides is 1. The zero-order valence-corrected chi connectivity index (χ0v) is 22.2. The highest BCUT2D eigenvalue weighted by Crippen LogP contribution is 2.33. The number of hydrogen-bond acceptors (Lipinski definition) is 5. The summed E-state index contributed by atoms with van der Waals surface area (Å²) in [5, 5.41) is 2.85. The molecular weight excluding hydrogens is 490 g/mol. The van der Waals surface area contributed by atoms with E-state index < -0.39 is 22.0 Å².